The highest BCUT2D eigenvalue weighted by Gasteiger charge is 2.40. The highest BCUT2D eigenvalue weighted by atomic mass is 16.5. The van der Waals surface area contributed by atoms with E-state index in [-0.39, 0.29) is 11.6 Å². The molecular weight excluding hydrogens is 266 g/mol. The van der Waals surface area contributed by atoms with Crippen LogP contribution in [0, 0.1) is 0 Å². The second-order valence-corrected chi connectivity index (χ2v) is 5.92. The van der Waals surface area contributed by atoms with Gasteiger partial charge in [0.1, 0.15) is 5.69 Å². The first kappa shape index (κ1) is 16.3. The lowest BCUT2D eigenvalue weighted by molar-refractivity contribution is -0.0916. The molecule has 1 aliphatic rings. The van der Waals surface area contributed by atoms with Crippen molar-refractivity contribution in [2.75, 3.05) is 20.3 Å². The van der Waals surface area contributed by atoms with Gasteiger partial charge >= 0.3 is 0 Å². The van der Waals surface area contributed by atoms with E-state index in [1.165, 1.54) is 6.42 Å². The molecule has 2 unspecified atom stereocenters. The molecule has 2 atom stereocenters. The molecule has 5 heteroatoms. The quantitative estimate of drug-likeness (QED) is 0.840. The molecule has 1 fully saturated rings. The second-order valence-electron chi connectivity index (χ2n) is 5.92. The lowest BCUT2D eigenvalue weighted by Crippen LogP contribution is -2.47. The fourth-order valence-corrected chi connectivity index (χ4v) is 3.15. The lowest BCUT2D eigenvalue weighted by Gasteiger charge is -2.41. The molecule has 1 aromatic heterocycles. The molecule has 21 heavy (non-hydrogen) atoms. The van der Waals surface area contributed by atoms with Gasteiger partial charge in [0.2, 0.25) is 0 Å². The van der Waals surface area contributed by atoms with Crippen LogP contribution in [0.25, 0.3) is 0 Å². The van der Waals surface area contributed by atoms with Crippen LogP contribution in [0.1, 0.15) is 58.2 Å². The molecule has 0 saturated carbocycles. The Kier molecular flexibility index (Phi) is 5.65. The van der Waals surface area contributed by atoms with Crippen LogP contribution in [0.15, 0.2) is 6.20 Å². The van der Waals surface area contributed by atoms with Crippen LogP contribution >= 0.6 is 0 Å². The molecule has 1 aliphatic heterocycles. The van der Waals surface area contributed by atoms with Crippen molar-refractivity contribution in [2.24, 2.45) is 0 Å². The Labute approximate surface area is 128 Å². The third kappa shape index (κ3) is 3.40. The molecule has 0 amide bonds. The zero-order chi connectivity index (χ0) is 15.3. The molecule has 120 valence electrons. The summed E-state index contributed by atoms with van der Waals surface area (Å²) in [6.07, 6.45) is 6.33. The van der Waals surface area contributed by atoms with Gasteiger partial charge in [0.15, 0.2) is 5.75 Å². The van der Waals surface area contributed by atoms with E-state index < -0.39 is 0 Å². The SMILES string of the molecule is CCCNC(c1c(OC)cnn1CC)C1(C)CCCCO1. The van der Waals surface area contributed by atoms with Crippen molar-refractivity contribution in [2.45, 2.75) is 64.6 Å². The first-order chi connectivity index (χ1) is 10.2. The number of nitrogens with one attached hydrogen (secondary N) is 1. The van der Waals surface area contributed by atoms with E-state index in [1.807, 2.05) is 10.9 Å². The topological polar surface area (TPSA) is 48.3 Å². The normalized spacial score (nSPS) is 24.0. The molecule has 0 bridgehead atoms. The van der Waals surface area contributed by atoms with Gasteiger partial charge in [0.05, 0.1) is 24.9 Å². The number of methoxy groups -OCH3 is 1. The molecule has 5 nitrogen and oxygen atoms in total. The standard InChI is InChI=1S/C16H29N3O2/c1-5-10-17-15(16(3)9-7-8-11-21-16)14-13(20-4)12-18-19(14)6-2/h12,15,17H,5-11H2,1-4H3. The Morgan fingerprint density at radius 1 is 1.48 bits per heavy atom. The largest absolute Gasteiger partial charge is 0.493 e. The lowest BCUT2D eigenvalue weighted by atomic mass is 9.86. The van der Waals surface area contributed by atoms with Gasteiger partial charge in [-0.2, -0.15) is 5.10 Å². The molecule has 1 saturated heterocycles. The minimum absolute atomic E-state index is 0.107. The molecule has 2 heterocycles. The third-order valence-electron chi connectivity index (χ3n) is 4.35. The summed E-state index contributed by atoms with van der Waals surface area (Å²) in [5.41, 5.74) is 0.908. The van der Waals surface area contributed by atoms with E-state index in [1.54, 1.807) is 7.11 Å². The maximum atomic E-state index is 6.19. The van der Waals surface area contributed by atoms with E-state index in [9.17, 15) is 0 Å². The fraction of sp³-hybridized carbons (Fsp3) is 0.812. The predicted molar refractivity (Wildman–Crippen MR) is 83.7 cm³/mol. The van der Waals surface area contributed by atoms with Crippen molar-refractivity contribution in [3.05, 3.63) is 11.9 Å². The number of ether oxygens (including phenoxy) is 2. The summed E-state index contributed by atoms with van der Waals surface area (Å²) < 4.78 is 13.8. The van der Waals surface area contributed by atoms with Crippen LogP contribution in [0.4, 0.5) is 0 Å². The van der Waals surface area contributed by atoms with E-state index in [0.717, 1.165) is 50.4 Å². The molecule has 0 aromatic carbocycles. The van der Waals surface area contributed by atoms with Gasteiger partial charge in [0.25, 0.3) is 0 Å². The van der Waals surface area contributed by atoms with Crippen molar-refractivity contribution in [3.8, 4) is 5.75 Å². The number of hydrogen-bond donors (Lipinski definition) is 1. The first-order valence-electron chi connectivity index (χ1n) is 8.13. The van der Waals surface area contributed by atoms with Gasteiger partial charge in [-0.25, -0.2) is 0 Å². The van der Waals surface area contributed by atoms with Gasteiger partial charge in [0, 0.05) is 13.2 Å². The molecule has 2 rings (SSSR count). The molecular formula is C16H29N3O2. The summed E-state index contributed by atoms with van der Waals surface area (Å²) in [7, 11) is 1.71. The Bertz CT molecular complexity index is 417. The smallest absolute Gasteiger partial charge is 0.161 e. The Morgan fingerprint density at radius 3 is 2.86 bits per heavy atom. The van der Waals surface area contributed by atoms with E-state index in [2.05, 4.69) is 31.2 Å². The minimum Gasteiger partial charge on any atom is -0.493 e. The van der Waals surface area contributed by atoms with Crippen LogP contribution in [-0.4, -0.2) is 35.6 Å². The minimum atomic E-state index is -0.201. The van der Waals surface area contributed by atoms with Crippen LogP contribution in [-0.2, 0) is 11.3 Å². The van der Waals surface area contributed by atoms with Crippen molar-refractivity contribution >= 4 is 0 Å². The number of rotatable bonds is 7. The summed E-state index contributed by atoms with van der Waals surface area (Å²) >= 11 is 0. The van der Waals surface area contributed by atoms with Crippen LogP contribution in [0.3, 0.4) is 0 Å². The van der Waals surface area contributed by atoms with Crippen molar-refractivity contribution in [1.29, 1.82) is 0 Å². The number of hydrogen-bond acceptors (Lipinski definition) is 4. The van der Waals surface area contributed by atoms with Crippen molar-refractivity contribution in [1.82, 2.24) is 15.1 Å². The van der Waals surface area contributed by atoms with Crippen molar-refractivity contribution in [3.63, 3.8) is 0 Å². The number of nitrogens with zero attached hydrogens (tertiary/aromatic N) is 2. The maximum Gasteiger partial charge on any atom is 0.161 e. The summed E-state index contributed by atoms with van der Waals surface area (Å²) in [5.74, 6) is 0.848. The molecule has 0 radical (unpaired) electrons. The summed E-state index contributed by atoms with van der Waals surface area (Å²) in [5, 5.41) is 8.12. The van der Waals surface area contributed by atoms with Crippen molar-refractivity contribution < 1.29 is 9.47 Å². The van der Waals surface area contributed by atoms with E-state index in [0.29, 0.717) is 0 Å². The number of aromatic nitrogens is 2. The predicted octanol–water partition coefficient (Wildman–Crippen LogP) is 2.91. The Morgan fingerprint density at radius 2 is 2.29 bits per heavy atom. The van der Waals surface area contributed by atoms with E-state index >= 15 is 0 Å². The average Bonchev–Trinajstić information content (AvgIpc) is 2.91. The second kappa shape index (κ2) is 7.27. The van der Waals surface area contributed by atoms with Crippen LogP contribution in [0.5, 0.6) is 5.75 Å². The van der Waals surface area contributed by atoms with Gasteiger partial charge in [-0.15, -0.1) is 0 Å². The highest BCUT2D eigenvalue weighted by Crippen LogP contribution is 2.39. The molecule has 1 N–H and O–H groups in total. The molecule has 0 spiro atoms. The molecule has 0 aliphatic carbocycles. The zero-order valence-corrected chi connectivity index (χ0v) is 13.8. The van der Waals surface area contributed by atoms with Gasteiger partial charge in [-0.05, 0) is 46.1 Å². The third-order valence-corrected chi connectivity index (χ3v) is 4.35. The first-order valence-corrected chi connectivity index (χ1v) is 8.13. The summed E-state index contributed by atoms with van der Waals surface area (Å²) in [4.78, 5) is 0. The number of aryl methyl sites for hydroxylation is 1. The Hall–Kier alpha value is -1.07. The maximum absolute atomic E-state index is 6.19. The highest BCUT2D eigenvalue weighted by molar-refractivity contribution is 5.30. The van der Waals surface area contributed by atoms with Gasteiger partial charge in [-0.3, -0.25) is 4.68 Å². The van der Waals surface area contributed by atoms with E-state index in [4.69, 9.17) is 9.47 Å². The summed E-state index contributed by atoms with van der Waals surface area (Å²) in [6.45, 7) is 9.13. The van der Waals surface area contributed by atoms with Gasteiger partial charge < -0.3 is 14.8 Å². The van der Waals surface area contributed by atoms with Gasteiger partial charge in [-0.1, -0.05) is 6.92 Å². The fourth-order valence-electron chi connectivity index (χ4n) is 3.15. The molecule has 1 aromatic rings. The zero-order valence-electron chi connectivity index (χ0n) is 13.8. The van der Waals surface area contributed by atoms with Crippen LogP contribution in [0.2, 0.25) is 0 Å². The Balaban J connectivity index is 2.37. The average molecular weight is 295 g/mol. The van der Waals surface area contributed by atoms with Crippen LogP contribution < -0.4 is 10.1 Å². The monoisotopic (exact) mass is 295 g/mol. The summed E-state index contributed by atoms with van der Waals surface area (Å²) in [6, 6.07) is 0.107.